The summed E-state index contributed by atoms with van der Waals surface area (Å²) in [4.78, 5) is 0. The van der Waals surface area contributed by atoms with Gasteiger partial charge >= 0.3 is 0 Å². The molecule has 0 aliphatic heterocycles. The van der Waals surface area contributed by atoms with Gasteiger partial charge in [-0.05, 0) is 25.3 Å². The molecule has 0 amide bonds. The number of nitrogens with zero attached hydrogens (tertiary/aromatic N) is 3. The molecule has 0 unspecified atom stereocenters. The van der Waals surface area contributed by atoms with E-state index in [-0.39, 0.29) is 6.61 Å². The molecule has 90 valence electrons. The van der Waals surface area contributed by atoms with Gasteiger partial charge in [-0.3, -0.25) is 0 Å². The Morgan fingerprint density at radius 3 is 3.00 bits per heavy atom. The van der Waals surface area contributed by atoms with Gasteiger partial charge in [0.25, 0.3) is 0 Å². The summed E-state index contributed by atoms with van der Waals surface area (Å²) in [6.45, 7) is 3.02. The number of aromatic nitrogens is 3. The average molecular weight is 231 g/mol. The van der Waals surface area contributed by atoms with Crippen LogP contribution in [0.3, 0.4) is 0 Å². The van der Waals surface area contributed by atoms with Crippen molar-refractivity contribution in [3.63, 3.8) is 0 Å². The number of benzene rings is 1. The predicted octanol–water partition coefficient (Wildman–Crippen LogP) is 1.56. The van der Waals surface area contributed by atoms with Gasteiger partial charge in [0.2, 0.25) is 0 Å². The van der Waals surface area contributed by atoms with Crippen LogP contribution < -0.4 is 0 Å². The summed E-state index contributed by atoms with van der Waals surface area (Å²) in [5, 5.41) is 16.9. The van der Waals surface area contributed by atoms with Crippen LogP contribution in [-0.2, 0) is 13.0 Å². The summed E-state index contributed by atoms with van der Waals surface area (Å²) in [6, 6.07) is 8.36. The van der Waals surface area contributed by atoms with Crippen molar-refractivity contribution in [3.05, 3.63) is 47.3 Å². The monoisotopic (exact) mass is 231 g/mol. The van der Waals surface area contributed by atoms with Crippen molar-refractivity contribution in [1.82, 2.24) is 15.0 Å². The number of aliphatic hydroxyl groups excluding tert-OH is 1. The van der Waals surface area contributed by atoms with Crippen LogP contribution in [0.15, 0.2) is 30.5 Å². The van der Waals surface area contributed by atoms with Crippen LogP contribution in [0.25, 0.3) is 0 Å². The van der Waals surface area contributed by atoms with Crippen molar-refractivity contribution in [1.29, 1.82) is 0 Å². The van der Waals surface area contributed by atoms with Gasteiger partial charge in [0, 0.05) is 12.8 Å². The number of hydrogen-bond donors (Lipinski definition) is 1. The van der Waals surface area contributed by atoms with Crippen LogP contribution in [0.4, 0.5) is 0 Å². The molecule has 0 atom stereocenters. The lowest BCUT2D eigenvalue weighted by molar-refractivity contribution is 0.288. The Labute approximate surface area is 101 Å². The Morgan fingerprint density at radius 1 is 1.35 bits per heavy atom. The maximum atomic E-state index is 8.75. The Morgan fingerprint density at radius 2 is 2.24 bits per heavy atom. The second-order valence-electron chi connectivity index (χ2n) is 4.22. The second kappa shape index (κ2) is 5.59. The molecule has 1 heterocycles. The van der Waals surface area contributed by atoms with E-state index in [4.69, 9.17) is 5.11 Å². The molecule has 0 fully saturated rings. The normalized spacial score (nSPS) is 10.7. The lowest BCUT2D eigenvalue weighted by Gasteiger charge is -2.01. The third-order valence-corrected chi connectivity index (χ3v) is 2.60. The maximum Gasteiger partial charge on any atom is 0.0828 e. The van der Waals surface area contributed by atoms with Crippen LogP contribution >= 0.6 is 0 Å². The highest BCUT2D eigenvalue weighted by molar-refractivity contribution is 5.22. The van der Waals surface area contributed by atoms with Crippen LogP contribution in [0.1, 0.15) is 23.2 Å². The average Bonchev–Trinajstić information content (AvgIpc) is 2.74. The van der Waals surface area contributed by atoms with Crippen molar-refractivity contribution < 1.29 is 5.11 Å². The van der Waals surface area contributed by atoms with Gasteiger partial charge in [-0.25, -0.2) is 4.68 Å². The summed E-state index contributed by atoms with van der Waals surface area (Å²) >= 11 is 0. The van der Waals surface area contributed by atoms with E-state index in [9.17, 15) is 0 Å². The summed E-state index contributed by atoms with van der Waals surface area (Å²) in [7, 11) is 0. The molecular weight excluding hydrogens is 214 g/mol. The third-order valence-electron chi connectivity index (χ3n) is 2.60. The van der Waals surface area contributed by atoms with Crippen molar-refractivity contribution in [2.75, 3.05) is 6.61 Å². The van der Waals surface area contributed by atoms with Crippen LogP contribution in [-0.4, -0.2) is 26.7 Å². The van der Waals surface area contributed by atoms with Gasteiger partial charge in [0.1, 0.15) is 0 Å². The molecule has 17 heavy (non-hydrogen) atoms. The van der Waals surface area contributed by atoms with Crippen LogP contribution in [0.5, 0.6) is 0 Å². The SMILES string of the molecule is Cc1cccc(Cn2cc(CCCO)nn2)c1. The van der Waals surface area contributed by atoms with Crippen molar-refractivity contribution in [2.24, 2.45) is 0 Å². The summed E-state index contributed by atoms with van der Waals surface area (Å²) in [5.74, 6) is 0. The minimum Gasteiger partial charge on any atom is -0.396 e. The third kappa shape index (κ3) is 3.39. The second-order valence-corrected chi connectivity index (χ2v) is 4.22. The number of aliphatic hydroxyl groups is 1. The summed E-state index contributed by atoms with van der Waals surface area (Å²) in [5.41, 5.74) is 3.42. The Kier molecular flexibility index (Phi) is 3.88. The predicted molar refractivity (Wildman–Crippen MR) is 65.7 cm³/mol. The largest absolute Gasteiger partial charge is 0.396 e. The van der Waals surface area contributed by atoms with Gasteiger partial charge in [-0.15, -0.1) is 5.10 Å². The molecule has 0 aliphatic rings. The van der Waals surface area contributed by atoms with Crippen molar-refractivity contribution in [2.45, 2.75) is 26.3 Å². The van der Waals surface area contributed by atoms with E-state index in [1.807, 2.05) is 16.9 Å². The van der Waals surface area contributed by atoms with E-state index in [0.717, 1.165) is 25.1 Å². The molecule has 0 spiro atoms. The molecule has 2 rings (SSSR count). The molecule has 4 nitrogen and oxygen atoms in total. The highest BCUT2D eigenvalue weighted by Crippen LogP contribution is 2.06. The van der Waals surface area contributed by atoms with Crippen LogP contribution in [0.2, 0.25) is 0 Å². The summed E-state index contributed by atoms with van der Waals surface area (Å²) < 4.78 is 1.83. The number of hydrogen-bond acceptors (Lipinski definition) is 3. The van der Waals surface area contributed by atoms with Crippen LogP contribution in [0, 0.1) is 6.92 Å². The molecule has 1 aromatic heterocycles. The zero-order chi connectivity index (χ0) is 12.1. The zero-order valence-electron chi connectivity index (χ0n) is 10.0. The van der Waals surface area contributed by atoms with Gasteiger partial charge < -0.3 is 5.11 Å². The maximum absolute atomic E-state index is 8.75. The molecule has 0 saturated heterocycles. The molecule has 0 aliphatic carbocycles. The molecule has 2 aromatic rings. The Balaban J connectivity index is 2.01. The highest BCUT2D eigenvalue weighted by Gasteiger charge is 2.01. The fraction of sp³-hybridized carbons (Fsp3) is 0.385. The van der Waals surface area contributed by atoms with Gasteiger partial charge in [0.15, 0.2) is 0 Å². The fourth-order valence-electron chi connectivity index (χ4n) is 1.79. The first-order valence-electron chi connectivity index (χ1n) is 5.83. The molecule has 1 aromatic carbocycles. The Hall–Kier alpha value is -1.68. The zero-order valence-corrected chi connectivity index (χ0v) is 10.0. The molecule has 4 heteroatoms. The van der Waals surface area contributed by atoms with E-state index in [2.05, 4.69) is 35.4 Å². The topological polar surface area (TPSA) is 50.9 Å². The number of aryl methyl sites for hydroxylation is 2. The van der Waals surface area contributed by atoms with Crippen molar-refractivity contribution in [3.8, 4) is 0 Å². The Bertz CT molecular complexity index is 479. The standard InChI is InChI=1S/C13H17N3O/c1-11-4-2-5-12(8-11)9-16-10-13(14-15-16)6-3-7-17/h2,4-5,8,10,17H,3,6-7,9H2,1H3. The molecule has 0 bridgehead atoms. The summed E-state index contributed by atoms with van der Waals surface area (Å²) in [6.07, 6.45) is 3.46. The van der Waals surface area contributed by atoms with Gasteiger partial charge in [0.05, 0.1) is 12.2 Å². The molecule has 0 saturated carbocycles. The highest BCUT2D eigenvalue weighted by atomic mass is 16.2. The van der Waals surface area contributed by atoms with E-state index < -0.39 is 0 Å². The van der Waals surface area contributed by atoms with E-state index in [1.165, 1.54) is 11.1 Å². The quantitative estimate of drug-likeness (QED) is 0.849. The lowest BCUT2D eigenvalue weighted by Crippen LogP contribution is -2.00. The first-order chi connectivity index (χ1) is 8.28. The lowest BCUT2D eigenvalue weighted by atomic mass is 10.1. The first-order valence-corrected chi connectivity index (χ1v) is 5.83. The van der Waals surface area contributed by atoms with E-state index in [0.29, 0.717) is 0 Å². The van der Waals surface area contributed by atoms with Gasteiger partial charge in [-0.1, -0.05) is 35.0 Å². The van der Waals surface area contributed by atoms with E-state index >= 15 is 0 Å². The minimum absolute atomic E-state index is 0.199. The van der Waals surface area contributed by atoms with Crippen molar-refractivity contribution >= 4 is 0 Å². The molecular formula is C13H17N3O. The minimum atomic E-state index is 0.199. The first kappa shape index (κ1) is 11.8. The van der Waals surface area contributed by atoms with E-state index in [1.54, 1.807) is 0 Å². The molecule has 0 radical (unpaired) electrons. The fourth-order valence-corrected chi connectivity index (χ4v) is 1.79. The molecule has 1 N–H and O–H groups in total. The smallest absolute Gasteiger partial charge is 0.0828 e. The number of rotatable bonds is 5. The van der Waals surface area contributed by atoms with Gasteiger partial charge in [-0.2, -0.15) is 0 Å².